The molecule has 1 N–H and O–H groups in total. The van der Waals surface area contributed by atoms with Gasteiger partial charge in [-0.25, -0.2) is 0 Å². The van der Waals surface area contributed by atoms with Crippen molar-refractivity contribution in [2.24, 2.45) is 0 Å². The summed E-state index contributed by atoms with van der Waals surface area (Å²) in [6, 6.07) is 2.01. The lowest BCUT2D eigenvalue weighted by Crippen LogP contribution is -2.47. The van der Waals surface area contributed by atoms with Gasteiger partial charge in [0, 0.05) is 29.9 Å². The first-order valence-corrected chi connectivity index (χ1v) is 7.87. The van der Waals surface area contributed by atoms with Crippen LogP contribution in [-0.2, 0) is 11.2 Å². The fraction of sp³-hybridized carbons (Fsp3) is 0.667. The predicted molar refractivity (Wildman–Crippen MR) is 79.1 cm³/mol. The first kappa shape index (κ1) is 14.9. The van der Waals surface area contributed by atoms with Gasteiger partial charge in [0.1, 0.15) is 0 Å². The highest BCUT2D eigenvalue weighted by Gasteiger charge is 2.39. The minimum Gasteiger partial charge on any atom is -0.390 e. The van der Waals surface area contributed by atoms with E-state index in [0.29, 0.717) is 13.0 Å². The fourth-order valence-corrected chi connectivity index (χ4v) is 3.40. The van der Waals surface area contributed by atoms with Crippen LogP contribution in [0.3, 0.4) is 0 Å². The van der Waals surface area contributed by atoms with Gasteiger partial charge in [-0.15, -0.1) is 0 Å². The monoisotopic (exact) mass is 327 g/mol. The second-order valence-electron chi connectivity index (χ2n) is 5.29. The Morgan fingerprint density at radius 1 is 1.37 bits per heavy atom. The Morgan fingerprint density at radius 2 is 2.11 bits per heavy atom. The van der Waals surface area contributed by atoms with E-state index >= 15 is 0 Å². The molecule has 2 rings (SSSR count). The topological polar surface area (TPSA) is 42.4 Å². The Hall–Kier alpha value is -0.450. The molecular weight excluding hydrogens is 306 g/mol. The highest BCUT2D eigenvalue weighted by Crippen LogP contribution is 2.35. The molecule has 0 bridgehead atoms. The number of aromatic nitrogens is 1. The van der Waals surface area contributed by atoms with Crippen LogP contribution < -0.4 is 0 Å². The highest BCUT2D eigenvalue weighted by molar-refractivity contribution is 9.10. The summed E-state index contributed by atoms with van der Waals surface area (Å²) in [5, 5.41) is 10.6. The van der Waals surface area contributed by atoms with Gasteiger partial charge < -0.3 is 9.84 Å². The third-order valence-electron chi connectivity index (χ3n) is 3.93. The van der Waals surface area contributed by atoms with Gasteiger partial charge in [-0.1, -0.05) is 19.3 Å². The SMILES string of the molecule is CCOC1(C(O)Cc2cncc(Br)c2)CCCCC1. The van der Waals surface area contributed by atoms with E-state index in [1.54, 1.807) is 6.20 Å². The maximum absolute atomic E-state index is 10.6. The zero-order chi connectivity index (χ0) is 13.7. The molecule has 0 aliphatic heterocycles. The lowest BCUT2D eigenvalue weighted by Gasteiger charge is -2.41. The standard InChI is InChI=1S/C15H22BrNO2/c1-2-19-15(6-4-3-5-7-15)14(18)9-12-8-13(16)11-17-10-12/h8,10-11,14,18H,2-7,9H2,1H3. The maximum Gasteiger partial charge on any atom is 0.0943 e. The van der Waals surface area contributed by atoms with E-state index in [1.807, 2.05) is 19.2 Å². The second-order valence-corrected chi connectivity index (χ2v) is 6.21. The molecular formula is C15H22BrNO2. The summed E-state index contributed by atoms with van der Waals surface area (Å²) < 4.78 is 6.90. The van der Waals surface area contributed by atoms with Crippen LogP contribution in [0.4, 0.5) is 0 Å². The normalized spacial score (nSPS) is 20.2. The van der Waals surface area contributed by atoms with Crippen LogP contribution >= 0.6 is 15.9 Å². The van der Waals surface area contributed by atoms with Gasteiger partial charge in [0.25, 0.3) is 0 Å². The van der Waals surface area contributed by atoms with Gasteiger partial charge in [0.2, 0.25) is 0 Å². The molecule has 1 aromatic rings. The number of aliphatic hydroxyl groups excluding tert-OH is 1. The molecule has 3 nitrogen and oxygen atoms in total. The van der Waals surface area contributed by atoms with E-state index in [0.717, 1.165) is 35.7 Å². The maximum atomic E-state index is 10.6. The van der Waals surface area contributed by atoms with Crippen LogP contribution in [0.25, 0.3) is 0 Å². The molecule has 1 aliphatic carbocycles. The highest BCUT2D eigenvalue weighted by atomic mass is 79.9. The molecule has 1 heterocycles. The molecule has 4 heteroatoms. The van der Waals surface area contributed by atoms with Crippen molar-refractivity contribution in [3.63, 3.8) is 0 Å². The zero-order valence-corrected chi connectivity index (χ0v) is 13.0. The summed E-state index contributed by atoms with van der Waals surface area (Å²) in [6.45, 7) is 2.66. The summed E-state index contributed by atoms with van der Waals surface area (Å²) in [5.74, 6) is 0. The molecule has 0 spiro atoms. The second kappa shape index (κ2) is 6.82. The Kier molecular flexibility index (Phi) is 5.37. The minimum absolute atomic E-state index is 0.352. The summed E-state index contributed by atoms with van der Waals surface area (Å²) >= 11 is 3.42. The Bertz CT molecular complexity index is 399. The van der Waals surface area contributed by atoms with Crippen molar-refractivity contribution in [2.45, 2.75) is 57.2 Å². The van der Waals surface area contributed by atoms with Crippen LogP contribution in [0.2, 0.25) is 0 Å². The van der Waals surface area contributed by atoms with Gasteiger partial charge in [0.15, 0.2) is 0 Å². The molecule has 1 atom stereocenters. The molecule has 106 valence electrons. The smallest absolute Gasteiger partial charge is 0.0943 e. The third-order valence-corrected chi connectivity index (χ3v) is 4.36. The minimum atomic E-state index is -0.455. The first-order valence-electron chi connectivity index (χ1n) is 7.08. The van der Waals surface area contributed by atoms with Crippen molar-refractivity contribution in [2.75, 3.05) is 6.61 Å². The Labute approximate surface area is 123 Å². The van der Waals surface area contributed by atoms with Crippen molar-refractivity contribution >= 4 is 15.9 Å². The van der Waals surface area contributed by atoms with Crippen LogP contribution in [0.1, 0.15) is 44.6 Å². The molecule has 1 aromatic heterocycles. The van der Waals surface area contributed by atoms with E-state index < -0.39 is 6.10 Å². The molecule has 0 amide bonds. The quantitative estimate of drug-likeness (QED) is 0.900. The number of ether oxygens (including phenoxy) is 1. The predicted octanol–water partition coefficient (Wildman–Crippen LogP) is 3.49. The Balaban J connectivity index is 2.08. The number of hydrogen-bond donors (Lipinski definition) is 1. The van der Waals surface area contributed by atoms with E-state index in [9.17, 15) is 5.11 Å². The average Bonchev–Trinajstić information content (AvgIpc) is 2.40. The number of hydrogen-bond acceptors (Lipinski definition) is 3. The number of nitrogens with zero attached hydrogens (tertiary/aromatic N) is 1. The lowest BCUT2D eigenvalue weighted by molar-refractivity contribution is -0.138. The molecule has 0 saturated heterocycles. The first-order chi connectivity index (χ1) is 9.16. The van der Waals surface area contributed by atoms with E-state index in [4.69, 9.17) is 4.74 Å². The number of pyridine rings is 1. The largest absolute Gasteiger partial charge is 0.390 e. The summed E-state index contributed by atoms with van der Waals surface area (Å²) in [4.78, 5) is 4.15. The molecule has 0 aromatic carbocycles. The van der Waals surface area contributed by atoms with Crippen LogP contribution in [0, 0.1) is 0 Å². The third kappa shape index (κ3) is 3.77. The van der Waals surface area contributed by atoms with Gasteiger partial charge in [-0.3, -0.25) is 4.98 Å². The lowest BCUT2D eigenvalue weighted by atomic mass is 9.78. The van der Waals surface area contributed by atoms with Crippen LogP contribution in [0.5, 0.6) is 0 Å². The molecule has 1 saturated carbocycles. The molecule has 19 heavy (non-hydrogen) atoms. The van der Waals surface area contributed by atoms with Gasteiger partial charge >= 0.3 is 0 Å². The summed E-state index contributed by atoms with van der Waals surface area (Å²) in [6.07, 6.45) is 9.19. The summed E-state index contributed by atoms with van der Waals surface area (Å²) in [5.41, 5.74) is 0.696. The van der Waals surface area contributed by atoms with Crippen molar-refractivity contribution in [3.05, 3.63) is 28.5 Å². The fourth-order valence-electron chi connectivity index (χ4n) is 2.99. The van der Waals surface area contributed by atoms with Gasteiger partial charge in [0.05, 0.1) is 11.7 Å². The van der Waals surface area contributed by atoms with Gasteiger partial charge in [-0.05, 0) is 47.3 Å². The van der Waals surface area contributed by atoms with E-state index in [2.05, 4.69) is 20.9 Å². The molecule has 1 unspecified atom stereocenters. The Morgan fingerprint density at radius 3 is 2.74 bits per heavy atom. The molecule has 0 radical (unpaired) electrons. The number of aliphatic hydroxyl groups is 1. The van der Waals surface area contributed by atoms with Gasteiger partial charge in [-0.2, -0.15) is 0 Å². The number of rotatable bonds is 5. The van der Waals surface area contributed by atoms with Crippen molar-refractivity contribution in [1.82, 2.24) is 4.98 Å². The molecule has 1 aliphatic rings. The molecule has 1 fully saturated rings. The van der Waals surface area contributed by atoms with Crippen LogP contribution in [-0.4, -0.2) is 28.4 Å². The van der Waals surface area contributed by atoms with E-state index in [-0.39, 0.29) is 5.60 Å². The number of halogens is 1. The van der Waals surface area contributed by atoms with E-state index in [1.165, 1.54) is 6.42 Å². The van der Waals surface area contributed by atoms with Crippen molar-refractivity contribution < 1.29 is 9.84 Å². The van der Waals surface area contributed by atoms with Crippen molar-refractivity contribution in [1.29, 1.82) is 0 Å². The summed E-state index contributed by atoms with van der Waals surface area (Å²) in [7, 11) is 0. The van der Waals surface area contributed by atoms with Crippen molar-refractivity contribution in [3.8, 4) is 0 Å². The van der Waals surface area contributed by atoms with Crippen LogP contribution in [0.15, 0.2) is 22.9 Å². The zero-order valence-electron chi connectivity index (χ0n) is 11.4. The average molecular weight is 328 g/mol.